The monoisotopic (exact) mass is 673 g/mol. The zero-order valence-corrected chi connectivity index (χ0v) is 30.3. The van der Waals surface area contributed by atoms with Gasteiger partial charge in [-0.2, -0.15) is 13.0 Å². The van der Waals surface area contributed by atoms with Gasteiger partial charge in [-0.15, -0.1) is 0 Å². The molecule has 254 valence electrons. The summed E-state index contributed by atoms with van der Waals surface area (Å²) in [4.78, 5) is 2.52. The van der Waals surface area contributed by atoms with E-state index in [-0.39, 0.29) is 16.6 Å². The third-order valence-corrected chi connectivity index (χ3v) is 11.0. The van der Waals surface area contributed by atoms with Gasteiger partial charge in [-0.3, -0.25) is 4.55 Å². The summed E-state index contributed by atoms with van der Waals surface area (Å²) in [5, 5.41) is 5.01. The second kappa shape index (κ2) is 13.9. The van der Waals surface area contributed by atoms with Gasteiger partial charge in [0.2, 0.25) is 5.69 Å². The number of nitrogens with zero attached hydrogens (tertiary/aromatic N) is 2. The molecule has 2 heterocycles. The maximum absolute atomic E-state index is 11.4. The molecule has 49 heavy (non-hydrogen) atoms. The molecule has 4 aromatic rings. The van der Waals surface area contributed by atoms with Crippen molar-refractivity contribution in [3.63, 3.8) is 0 Å². The minimum Gasteiger partial charge on any atom is -0.344 e. The van der Waals surface area contributed by atoms with Gasteiger partial charge in [-0.25, -0.2) is 0 Å². The summed E-state index contributed by atoms with van der Waals surface area (Å²) in [5.74, 6) is -0.221. The highest BCUT2D eigenvalue weighted by molar-refractivity contribution is 7.85. The minimum atomic E-state index is -3.97. The first-order valence-electron chi connectivity index (χ1n) is 17.6. The SMILES string of the molecule is CCCCN1\C(=C/C=C/C=C/C=C/C2=[N+](CCCCS(=O)(=O)O)c3ccc4ccccc4c3C2(C)C)C(C)(C)c2cc3ccccc3cc21. The molecule has 0 radical (unpaired) electrons. The molecule has 0 fully saturated rings. The first-order valence-corrected chi connectivity index (χ1v) is 19.2. The molecule has 6 rings (SSSR count). The summed E-state index contributed by atoms with van der Waals surface area (Å²) in [6.45, 7) is 13.1. The van der Waals surface area contributed by atoms with E-state index in [1.165, 1.54) is 49.8 Å². The average molecular weight is 674 g/mol. The van der Waals surface area contributed by atoms with Crippen LogP contribution in [0.15, 0.2) is 121 Å². The molecular weight excluding hydrogens is 625 g/mol. The normalized spacial score (nSPS) is 17.9. The van der Waals surface area contributed by atoms with Crippen LogP contribution in [-0.2, 0) is 20.9 Å². The minimum absolute atomic E-state index is 0.101. The van der Waals surface area contributed by atoms with Gasteiger partial charge in [0.1, 0.15) is 6.54 Å². The number of allylic oxidation sites excluding steroid dienone is 8. The van der Waals surface area contributed by atoms with Gasteiger partial charge in [0.15, 0.2) is 5.71 Å². The quantitative estimate of drug-likeness (QED) is 0.0704. The molecule has 2 aliphatic rings. The van der Waals surface area contributed by atoms with Crippen molar-refractivity contribution >= 4 is 48.7 Å². The molecule has 4 aromatic carbocycles. The smallest absolute Gasteiger partial charge is 0.264 e. The number of fused-ring (bicyclic) bond motifs is 5. The van der Waals surface area contributed by atoms with Gasteiger partial charge < -0.3 is 4.90 Å². The lowest BCUT2D eigenvalue weighted by Gasteiger charge is -2.27. The average Bonchev–Trinajstić information content (AvgIpc) is 3.41. The molecule has 5 nitrogen and oxygen atoms in total. The molecule has 6 heteroatoms. The standard InChI is InChI=1S/C43H48N2O3S/c1-6-7-27-45-38-31-34-21-14-13-20-33(34)30-36(38)42(2,3)39(45)23-11-9-8-10-12-24-40-43(4,5)41-35-22-16-15-19-32(35)25-26-37(41)44(40)28-17-18-29-49(46,47)48/h8-16,19-26,30-31H,6-7,17-18,27-29H2,1-5H3/p+1. The first kappa shape index (κ1) is 34.6. The molecule has 0 atom stereocenters. The number of hydrogen-bond donors (Lipinski definition) is 1. The summed E-state index contributed by atoms with van der Waals surface area (Å²) < 4.78 is 34.3. The van der Waals surface area contributed by atoms with Crippen LogP contribution in [-0.4, -0.2) is 42.1 Å². The van der Waals surface area contributed by atoms with Crippen molar-refractivity contribution in [2.75, 3.05) is 23.7 Å². The van der Waals surface area contributed by atoms with Gasteiger partial charge >= 0.3 is 0 Å². The van der Waals surface area contributed by atoms with Crippen LogP contribution >= 0.6 is 0 Å². The second-order valence-electron chi connectivity index (χ2n) is 14.4. The number of hydrogen-bond acceptors (Lipinski definition) is 3. The topological polar surface area (TPSA) is 60.6 Å². The van der Waals surface area contributed by atoms with Crippen molar-refractivity contribution in [2.24, 2.45) is 0 Å². The molecule has 2 aliphatic heterocycles. The van der Waals surface area contributed by atoms with Crippen molar-refractivity contribution < 1.29 is 17.5 Å². The van der Waals surface area contributed by atoms with Crippen LogP contribution in [0, 0.1) is 0 Å². The van der Waals surface area contributed by atoms with E-state index in [1.807, 2.05) is 0 Å². The van der Waals surface area contributed by atoms with Gasteiger partial charge in [-0.1, -0.05) is 106 Å². The second-order valence-corrected chi connectivity index (χ2v) is 15.9. The fourth-order valence-corrected chi connectivity index (χ4v) is 8.30. The van der Waals surface area contributed by atoms with Crippen LogP contribution in [0.3, 0.4) is 0 Å². The summed E-state index contributed by atoms with van der Waals surface area (Å²) in [7, 11) is -3.97. The Bertz CT molecular complexity index is 2150. The van der Waals surface area contributed by atoms with Crippen molar-refractivity contribution in [3.8, 4) is 0 Å². The zero-order chi connectivity index (χ0) is 34.8. The van der Waals surface area contributed by atoms with Crippen molar-refractivity contribution in [1.82, 2.24) is 0 Å². The van der Waals surface area contributed by atoms with Crippen LogP contribution in [0.25, 0.3) is 21.5 Å². The molecule has 0 saturated heterocycles. The van der Waals surface area contributed by atoms with E-state index in [1.54, 1.807) is 0 Å². The lowest BCUT2D eigenvalue weighted by atomic mass is 9.79. The highest BCUT2D eigenvalue weighted by atomic mass is 32.2. The third-order valence-electron chi connectivity index (χ3n) is 10.2. The van der Waals surface area contributed by atoms with Gasteiger partial charge in [-0.05, 0) is 78.1 Å². The molecule has 0 aromatic heterocycles. The van der Waals surface area contributed by atoms with Crippen LogP contribution in [0.5, 0.6) is 0 Å². The number of anilines is 1. The van der Waals surface area contributed by atoms with Crippen molar-refractivity contribution in [3.05, 3.63) is 132 Å². The Hall–Kier alpha value is -4.26. The Kier molecular flexibility index (Phi) is 9.83. The Morgan fingerprint density at radius 3 is 2.18 bits per heavy atom. The van der Waals surface area contributed by atoms with E-state index >= 15 is 0 Å². The van der Waals surface area contributed by atoms with Gasteiger partial charge in [0.25, 0.3) is 10.1 Å². The lowest BCUT2D eigenvalue weighted by Crippen LogP contribution is -2.28. The maximum Gasteiger partial charge on any atom is 0.264 e. The maximum atomic E-state index is 11.4. The summed E-state index contributed by atoms with van der Waals surface area (Å²) in [6.07, 6.45) is 18.3. The fraction of sp³-hybridized carbons (Fsp3) is 0.326. The Labute approximate surface area is 292 Å². The highest BCUT2D eigenvalue weighted by Crippen LogP contribution is 2.49. The third kappa shape index (κ3) is 6.95. The largest absolute Gasteiger partial charge is 0.344 e. The van der Waals surface area contributed by atoms with Crippen molar-refractivity contribution in [2.45, 2.75) is 71.1 Å². The lowest BCUT2D eigenvalue weighted by molar-refractivity contribution is -0.438. The molecule has 0 amide bonds. The van der Waals surface area contributed by atoms with Crippen LogP contribution < -0.4 is 4.90 Å². The van der Waals surface area contributed by atoms with Gasteiger partial charge in [0.05, 0.1) is 11.2 Å². The van der Waals surface area contributed by atoms with Crippen molar-refractivity contribution in [1.29, 1.82) is 0 Å². The van der Waals surface area contributed by atoms with Crippen LogP contribution in [0.4, 0.5) is 11.4 Å². The molecule has 0 saturated carbocycles. The van der Waals surface area contributed by atoms with E-state index in [9.17, 15) is 13.0 Å². The number of unbranched alkanes of at least 4 members (excludes halogenated alkanes) is 2. The highest BCUT2D eigenvalue weighted by Gasteiger charge is 2.45. The molecular formula is C43H49N2O3S+. The van der Waals surface area contributed by atoms with E-state index in [0.29, 0.717) is 19.4 Å². The number of benzene rings is 4. The van der Waals surface area contributed by atoms with E-state index in [2.05, 4.69) is 159 Å². The molecule has 0 bridgehead atoms. The summed E-state index contributed by atoms with van der Waals surface area (Å²) in [5.41, 5.74) is 7.30. The number of rotatable bonds is 12. The molecule has 0 unspecified atom stereocenters. The summed E-state index contributed by atoms with van der Waals surface area (Å²) in [6, 6.07) is 26.2. The van der Waals surface area contributed by atoms with E-state index in [0.717, 1.165) is 25.1 Å². The zero-order valence-electron chi connectivity index (χ0n) is 29.5. The predicted molar refractivity (Wildman–Crippen MR) is 207 cm³/mol. The van der Waals surface area contributed by atoms with Gasteiger partial charge in [0, 0.05) is 47.5 Å². The van der Waals surface area contributed by atoms with Crippen LogP contribution in [0.1, 0.15) is 71.4 Å². The van der Waals surface area contributed by atoms with E-state index in [4.69, 9.17) is 0 Å². The molecule has 1 N–H and O–H groups in total. The fourth-order valence-electron chi connectivity index (χ4n) is 7.73. The Morgan fingerprint density at radius 1 is 0.776 bits per heavy atom. The summed E-state index contributed by atoms with van der Waals surface area (Å²) >= 11 is 0. The van der Waals surface area contributed by atoms with E-state index < -0.39 is 10.1 Å². The Morgan fingerprint density at radius 2 is 1.45 bits per heavy atom. The first-order chi connectivity index (χ1) is 23.4. The van der Waals surface area contributed by atoms with Crippen LogP contribution in [0.2, 0.25) is 0 Å². The molecule has 0 spiro atoms. The predicted octanol–water partition coefficient (Wildman–Crippen LogP) is 10.2. The molecule has 0 aliphatic carbocycles. The Balaban J connectivity index is 1.25.